The van der Waals surface area contributed by atoms with Crippen LogP contribution in [0.25, 0.3) is 0 Å². The lowest BCUT2D eigenvalue weighted by Gasteiger charge is -2.15. The van der Waals surface area contributed by atoms with Gasteiger partial charge in [0.25, 0.3) is 0 Å². The molecule has 144 valence electrons. The Bertz CT molecular complexity index is 852. The Hall–Kier alpha value is -2.47. The number of carbonyl (C=O) groups excluding carboxylic acids is 2. The van der Waals surface area contributed by atoms with Crippen molar-refractivity contribution in [3.8, 4) is 5.75 Å². The molecule has 2 rings (SSSR count). The molecule has 0 aliphatic heterocycles. The van der Waals surface area contributed by atoms with Crippen molar-refractivity contribution in [1.29, 1.82) is 0 Å². The summed E-state index contributed by atoms with van der Waals surface area (Å²) < 4.78 is 5.30. The summed E-state index contributed by atoms with van der Waals surface area (Å²) in [6.07, 6.45) is 0. The molecule has 0 saturated heterocycles. The molecule has 27 heavy (non-hydrogen) atoms. The molecule has 5 nitrogen and oxygen atoms in total. The number of thioether (sulfide) groups is 1. The number of benzene rings is 2. The first-order valence-corrected chi connectivity index (χ1v) is 9.67. The number of hydrogen-bond acceptors (Lipinski definition) is 4. The molecule has 0 unspecified atom stereocenters. The van der Waals surface area contributed by atoms with E-state index in [0.717, 1.165) is 4.90 Å². The van der Waals surface area contributed by atoms with Crippen molar-refractivity contribution in [3.05, 3.63) is 46.5 Å². The summed E-state index contributed by atoms with van der Waals surface area (Å²) in [5.41, 5.74) is 6.01. The lowest BCUT2D eigenvalue weighted by atomic mass is 10.0. The second-order valence-electron chi connectivity index (χ2n) is 6.52. The van der Waals surface area contributed by atoms with Gasteiger partial charge in [0.05, 0.1) is 18.6 Å². The predicted octanol–water partition coefficient (Wildman–Crippen LogP) is 4.62. The van der Waals surface area contributed by atoms with Crippen molar-refractivity contribution in [2.75, 3.05) is 23.5 Å². The number of nitrogens with one attached hydrogen (secondary N) is 2. The van der Waals surface area contributed by atoms with E-state index in [-0.39, 0.29) is 17.6 Å². The maximum Gasteiger partial charge on any atom is 0.234 e. The molecule has 0 saturated carbocycles. The maximum absolute atomic E-state index is 12.5. The highest BCUT2D eigenvalue weighted by Gasteiger charge is 2.13. The monoisotopic (exact) mass is 386 g/mol. The lowest BCUT2D eigenvalue weighted by molar-refractivity contribution is -0.114. The molecular formula is C21H26N2O3S. The van der Waals surface area contributed by atoms with E-state index < -0.39 is 0 Å². The molecular weight excluding hydrogens is 360 g/mol. The van der Waals surface area contributed by atoms with Crippen LogP contribution in [0.1, 0.15) is 29.2 Å². The molecule has 6 heteroatoms. The zero-order valence-corrected chi connectivity index (χ0v) is 17.5. The summed E-state index contributed by atoms with van der Waals surface area (Å²) in [6.45, 7) is 9.78. The van der Waals surface area contributed by atoms with E-state index in [1.807, 2.05) is 0 Å². The Balaban J connectivity index is 2.14. The van der Waals surface area contributed by atoms with Gasteiger partial charge in [0, 0.05) is 17.5 Å². The highest BCUT2D eigenvalue weighted by atomic mass is 32.2. The van der Waals surface area contributed by atoms with E-state index in [9.17, 15) is 9.59 Å². The minimum atomic E-state index is -0.172. The van der Waals surface area contributed by atoms with Crippen molar-refractivity contribution < 1.29 is 14.3 Å². The van der Waals surface area contributed by atoms with E-state index in [4.69, 9.17) is 4.74 Å². The Kier molecular flexibility index (Phi) is 6.91. The van der Waals surface area contributed by atoms with Gasteiger partial charge >= 0.3 is 0 Å². The number of aryl methyl sites for hydroxylation is 2. The van der Waals surface area contributed by atoms with Crippen LogP contribution in [0.15, 0.2) is 29.2 Å². The van der Waals surface area contributed by atoms with Gasteiger partial charge in [0.2, 0.25) is 11.8 Å². The van der Waals surface area contributed by atoms with E-state index in [0.29, 0.717) is 17.1 Å². The van der Waals surface area contributed by atoms with Crippen LogP contribution in [0.4, 0.5) is 11.4 Å². The van der Waals surface area contributed by atoms with Crippen molar-refractivity contribution in [3.63, 3.8) is 0 Å². The first kappa shape index (κ1) is 20.8. The average Bonchev–Trinajstić information content (AvgIpc) is 2.60. The van der Waals surface area contributed by atoms with Crippen LogP contribution >= 0.6 is 11.8 Å². The lowest BCUT2D eigenvalue weighted by Crippen LogP contribution is -2.15. The largest absolute Gasteiger partial charge is 0.495 e. The number of carbonyl (C=O) groups is 2. The molecule has 0 aliphatic carbocycles. The third kappa shape index (κ3) is 5.26. The fourth-order valence-corrected chi connectivity index (χ4v) is 3.91. The van der Waals surface area contributed by atoms with E-state index in [1.54, 1.807) is 25.3 Å². The van der Waals surface area contributed by atoms with Crippen molar-refractivity contribution in [2.24, 2.45) is 0 Å². The normalized spacial score (nSPS) is 10.4. The molecule has 2 aromatic rings. The molecule has 2 N–H and O–H groups in total. The number of hydrogen-bond donors (Lipinski definition) is 2. The van der Waals surface area contributed by atoms with Gasteiger partial charge in [-0.3, -0.25) is 9.59 Å². The Morgan fingerprint density at radius 1 is 1.00 bits per heavy atom. The average molecular weight is 387 g/mol. The SMILES string of the molecule is COc1ccc(NC(C)=O)cc1NC(=O)CSc1c(C)c(C)cc(C)c1C. The molecule has 0 fully saturated rings. The number of amides is 2. The summed E-state index contributed by atoms with van der Waals surface area (Å²) in [5, 5.41) is 5.58. The van der Waals surface area contributed by atoms with Gasteiger partial charge in [-0.1, -0.05) is 6.07 Å². The van der Waals surface area contributed by atoms with Crippen LogP contribution < -0.4 is 15.4 Å². The van der Waals surface area contributed by atoms with Crippen molar-refractivity contribution >= 4 is 35.0 Å². The zero-order chi connectivity index (χ0) is 20.1. The summed E-state index contributed by atoms with van der Waals surface area (Å²) in [7, 11) is 1.54. The van der Waals surface area contributed by atoms with E-state index in [1.165, 1.54) is 40.9 Å². The minimum Gasteiger partial charge on any atom is -0.495 e. The fraction of sp³-hybridized carbons (Fsp3) is 0.333. The predicted molar refractivity (Wildman–Crippen MR) is 112 cm³/mol. The van der Waals surface area contributed by atoms with Gasteiger partial charge < -0.3 is 15.4 Å². The third-order valence-electron chi connectivity index (χ3n) is 4.44. The number of ether oxygens (including phenoxy) is 1. The number of methoxy groups -OCH3 is 1. The molecule has 0 spiro atoms. The molecule has 2 aromatic carbocycles. The van der Waals surface area contributed by atoms with Crippen molar-refractivity contribution in [2.45, 2.75) is 39.5 Å². The first-order chi connectivity index (χ1) is 12.7. The van der Waals surface area contributed by atoms with Crippen LogP contribution in [-0.4, -0.2) is 24.7 Å². The highest BCUT2D eigenvalue weighted by Crippen LogP contribution is 2.32. The molecule has 2 amide bonds. The van der Waals surface area contributed by atoms with Gasteiger partial charge in [-0.15, -0.1) is 11.8 Å². The standard InChI is InChI=1S/C21H26N2O3S/c1-12-9-13(2)15(4)21(14(12)3)27-11-20(25)23-18-10-17(22-16(5)24)7-8-19(18)26-6/h7-10H,11H2,1-6H3,(H,22,24)(H,23,25). The maximum atomic E-state index is 12.5. The van der Waals surface area contributed by atoms with E-state index in [2.05, 4.69) is 44.4 Å². The van der Waals surface area contributed by atoms with Gasteiger partial charge in [-0.05, 0) is 68.1 Å². The fourth-order valence-electron chi connectivity index (χ4n) is 2.81. The second kappa shape index (κ2) is 8.95. The van der Waals surface area contributed by atoms with E-state index >= 15 is 0 Å². The van der Waals surface area contributed by atoms with Crippen LogP contribution in [0.3, 0.4) is 0 Å². The molecule has 0 bridgehead atoms. The Labute approximate surface area is 164 Å². The molecule has 0 heterocycles. The Morgan fingerprint density at radius 2 is 1.63 bits per heavy atom. The van der Waals surface area contributed by atoms with Crippen LogP contribution in [0.2, 0.25) is 0 Å². The summed E-state index contributed by atoms with van der Waals surface area (Å²) >= 11 is 1.54. The summed E-state index contributed by atoms with van der Waals surface area (Å²) in [4.78, 5) is 24.9. The van der Waals surface area contributed by atoms with Gasteiger partial charge in [0.15, 0.2) is 0 Å². The number of anilines is 2. The smallest absolute Gasteiger partial charge is 0.234 e. The third-order valence-corrected chi connectivity index (χ3v) is 5.75. The Morgan fingerprint density at radius 3 is 2.19 bits per heavy atom. The second-order valence-corrected chi connectivity index (χ2v) is 7.51. The molecule has 0 aromatic heterocycles. The summed E-state index contributed by atoms with van der Waals surface area (Å²) in [5.74, 6) is 0.532. The van der Waals surface area contributed by atoms with Gasteiger partial charge in [-0.25, -0.2) is 0 Å². The van der Waals surface area contributed by atoms with Crippen LogP contribution in [0, 0.1) is 27.7 Å². The summed E-state index contributed by atoms with van der Waals surface area (Å²) in [6, 6.07) is 7.31. The molecule has 0 aliphatic rings. The number of rotatable bonds is 6. The zero-order valence-electron chi connectivity index (χ0n) is 16.6. The highest BCUT2D eigenvalue weighted by molar-refractivity contribution is 8.00. The molecule has 0 radical (unpaired) electrons. The topological polar surface area (TPSA) is 67.4 Å². The van der Waals surface area contributed by atoms with Gasteiger partial charge in [0.1, 0.15) is 5.75 Å². The quantitative estimate of drug-likeness (QED) is 0.711. The molecule has 0 atom stereocenters. The van der Waals surface area contributed by atoms with Gasteiger partial charge in [-0.2, -0.15) is 0 Å². The van der Waals surface area contributed by atoms with Crippen molar-refractivity contribution in [1.82, 2.24) is 0 Å². The van der Waals surface area contributed by atoms with Crippen LogP contribution in [-0.2, 0) is 9.59 Å². The first-order valence-electron chi connectivity index (χ1n) is 8.68. The minimum absolute atomic E-state index is 0.128. The van der Waals surface area contributed by atoms with Crippen LogP contribution in [0.5, 0.6) is 5.75 Å².